The van der Waals surface area contributed by atoms with Crippen LogP contribution >= 0.6 is 0 Å². The van der Waals surface area contributed by atoms with Gasteiger partial charge in [-0.1, -0.05) is 61.1 Å². The van der Waals surface area contributed by atoms with Gasteiger partial charge in [0.05, 0.1) is 0 Å². The van der Waals surface area contributed by atoms with Crippen molar-refractivity contribution < 1.29 is 4.79 Å². The number of carbonyl (C=O) groups excluding carboxylic acids is 1. The summed E-state index contributed by atoms with van der Waals surface area (Å²) in [6.07, 6.45) is 8.23. The molecule has 2 nitrogen and oxygen atoms in total. The molecule has 0 aromatic heterocycles. The van der Waals surface area contributed by atoms with Crippen molar-refractivity contribution in [3.05, 3.63) is 70.8 Å². The molecule has 112 valence electrons. The highest BCUT2D eigenvalue weighted by atomic mass is 16.1. The lowest BCUT2D eigenvalue weighted by molar-refractivity contribution is -0.116. The van der Waals surface area contributed by atoms with E-state index in [2.05, 4.69) is 48.7 Å². The van der Waals surface area contributed by atoms with Crippen LogP contribution in [0.25, 0.3) is 0 Å². The Morgan fingerprint density at radius 1 is 1.14 bits per heavy atom. The number of rotatable bonds is 6. The number of carbonyl (C=O) groups is 1. The van der Waals surface area contributed by atoms with Gasteiger partial charge >= 0.3 is 0 Å². The summed E-state index contributed by atoms with van der Waals surface area (Å²) in [6, 6.07) is 10.4. The van der Waals surface area contributed by atoms with Crippen molar-refractivity contribution in [1.29, 1.82) is 0 Å². The Balaban J connectivity index is 2.89. The maximum atomic E-state index is 11.5. The monoisotopic (exact) mass is 283 g/mol. The Morgan fingerprint density at radius 3 is 2.38 bits per heavy atom. The third kappa shape index (κ3) is 6.26. The van der Waals surface area contributed by atoms with E-state index in [-0.39, 0.29) is 5.91 Å². The summed E-state index contributed by atoms with van der Waals surface area (Å²) in [7, 11) is 1.65. The minimum atomic E-state index is -0.0353. The topological polar surface area (TPSA) is 29.1 Å². The molecule has 21 heavy (non-hydrogen) atoms. The molecular formula is C19H25NO. The molecule has 1 amide bonds. The average Bonchev–Trinajstić information content (AvgIpc) is 2.47. The fraction of sp³-hybridized carbons (Fsp3) is 0.316. The highest BCUT2D eigenvalue weighted by molar-refractivity contribution is 5.93. The van der Waals surface area contributed by atoms with Crippen LogP contribution in [0.1, 0.15) is 32.8 Å². The normalized spacial score (nSPS) is 13.2. The molecule has 1 aromatic carbocycles. The van der Waals surface area contributed by atoms with Crippen LogP contribution in [0.3, 0.4) is 0 Å². The van der Waals surface area contributed by atoms with Gasteiger partial charge in [0.1, 0.15) is 0 Å². The molecule has 0 aliphatic heterocycles. The Labute approximate surface area is 128 Å². The molecule has 0 spiro atoms. The van der Waals surface area contributed by atoms with Crippen LogP contribution in [0.15, 0.2) is 65.3 Å². The Bertz CT molecular complexity index is 550. The van der Waals surface area contributed by atoms with Crippen LogP contribution in [0, 0.1) is 0 Å². The van der Waals surface area contributed by atoms with Crippen molar-refractivity contribution in [3.63, 3.8) is 0 Å². The summed E-state index contributed by atoms with van der Waals surface area (Å²) >= 11 is 0. The van der Waals surface area contributed by atoms with Crippen LogP contribution in [0.4, 0.5) is 0 Å². The molecule has 0 atom stereocenters. The molecule has 0 saturated heterocycles. The summed E-state index contributed by atoms with van der Waals surface area (Å²) in [6.45, 7) is 6.00. The van der Waals surface area contributed by atoms with Crippen molar-refractivity contribution in [2.45, 2.75) is 33.6 Å². The van der Waals surface area contributed by atoms with Gasteiger partial charge in [-0.15, -0.1) is 0 Å². The van der Waals surface area contributed by atoms with E-state index in [1.54, 1.807) is 7.05 Å². The molecule has 0 radical (unpaired) electrons. The van der Waals surface area contributed by atoms with E-state index in [0.717, 1.165) is 24.0 Å². The zero-order valence-electron chi connectivity index (χ0n) is 13.4. The lowest BCUT2D eigenvalue weighted by Gasteiger charge is -2.05. The molecule has 0 unspecified atom stereocenters. The first-order chi connectivity index (χ1) is 10.1. The van der Waals surface area contributed by atoms with Gasteiger partial charge in [0, 0.05) is 12.6 Å². The molecule has 1 aromatic rings. The van der Waals surface area contributed by atoms with Crippen LogP contribution in [-0.2, 0) is 11.2 Å². The molecule has 0 heterocycles. The molecule has 0 aliphatic rings. The van der Waals surface area contributed by atoms with Gasteiger partial charge in [-0.05, 0) is 37.8 Å². The number of benzene rings is 1. The summed E-state index contributed by atoms with van der Waals surface area (Å²) in [5.41, 5.74) is 4.39. The van der Waals surface area contributed by atoms with Gasteiger partial charge < -0.3 is 5.32 Å². The maximum absolute atomic E-state index is 11.5. The fourth-order valence-electron chi connectivity index (χ4n) is 2.21. The molecule has 0 fully saturated rings. The third-order valence-electron chi connectivity index (χ3n) is 3.16. The molecule has 0 bridgehead atoms. The fourth-order valence-corrected chi connectivity index (χ4v) is 2.21. The van der Waals surface area contributed by atoms with Crippen LogP contribution < -0.4 is 5.32 Å². The second kappa shape index (κ2) is 8.96. The summed E-state index contributed by atoms with van der Waals surface area (Å²) in [5.74, 6) is -0.0353. The Hall–Kier alpha value is -2.09. The van der Waals surface area contributed by atoms with Crippen molar-refractivity contribution in [2.24, 2.45) is 0 Å². The Morgan fingerprint density at radius 2 is 1.81 bits per heavy atom. The number of hydrogen-bond donors (Lipinski definition) is 1. The number of amides is 1. The minimum absolute atomic E-state index is 0.0353. The summed E-state index contributed by atoms with van der Waals surface area (Å²) in [5, 5.41) is 2.64. The second-order valence-corrected chi connectivity index (χ2v) is 5.14. The van der Waals surface area contributed by atoms with E-state index in [1.807, 2.05) is 26.0 Å². The number of likely N-dealkylation sites (N-methyl/N-ethyl adjacent to an activating group) is 1. The Kier molecular flexibility index (Phi) is 7.24. The first-order valence-corrected chi connectivity index (χ1v) is 7.38. The van der Waals surface area contributed by atoms with Crippen molar-refractivity contribution in [2.75, 3.05) is 7.05 Å². The number of allylic oxidation sites excluding steroid dienone is 5. The van der Waals surface area contributed by atoms with Crippen LogP contribution in [0.2, 0.25) is 0 Å². The smallest absolute Gasteiger partial charge is 0.246 e. The predicted molar refractivity (Wildman–Crippen MR) is 90.1 cm³/mol. The summed E-state index contributed by atoms with van der Waals surface area (Å²) in [4.78, 5) is 11.5. The standard InChI is InChI=1S/C19H25NO/c1-5-9-18(14-17-10-7-6-8-11-17)13-15(2)12-16(3)19(21)20-4/h6-13H,5,14H2,1-4H3,(H,20,21)/b15-13-,16-12+,18-9-. The van der Waals surface area contributed by atoms with E-state index in [4.69, 9.17) is 0 Å². The highest BCUT2D eigenvalue weighted by Crippen LogP contribution is 2.13. The van der Waals surface area contributed by atoms with Crippen molar-refractivity contribution in [3.8, 4) is 0 Å². The first kappa shape index (κ1) is 17.0. The van der Waals surface area contributed by atoms with E-state index in [9.17, 15) is 4.79 Å². The molecule has 0 saturated carbocycles. The molecular weight excluding hydrogens is 258 g/mol. The molecule has 0 aliphatic carbocycles. The highest BCUT2D eigenvalue weighted by Gasteiger charge is 2.01. The van der Waals surface area contributed by atoms with Gasteiger partial charge in [0.2, 0.25) is 5.91 Å². The van der Waals surface area contributed by atoms with Gasteiger partial charge in [-0.3, -0.25) is 4.79 Å². The summed E-state index contributed by atoms with van der Waals surface area (Å²) < 4.78 is 0. The lowest BCUT2D eigenvalue weighted by Crippen LogP contribution is -2.18. The molecule has 1 N–H and O–H groups in total. The van der Waals surface area contributed by atoms with E-state index >= 15 is 0 Å². The van der Waals surface area contributed by atoms with Gasteiger partial charge in [-0.25, -0.2) is 0 Å². The van der Waals surface area contributed by atoms with Crippen molar-refractivity contribution in [1.82, 2.24) is 5.32 Å². The number of hydrogen-bond acceptors (Lipinski definition) is 1. The minimum Gasteiger partial charge on any atom is -0.355 e. The first-order valence-electron chi connectivity index (χ1n) is 7.38. The predicted octanol–water partition coefficient (Wildman–Crippen LogP) is 4.20. The number of nitrogens with one attached hydrogen (secondary N) is 1. The SMILES string of the molecule is CC/C=C(/C=C(C)\C=C(/C)C(=O)NC)Cc1ccccc1. The maximum Gasteiger partial charge on any atom is 0.246 e. The molecule has 1 rings (SSSR count). The van der Waals surface area contributed by atoms with E-state index < -0.39 is 0 Å². The largest absolute Gasteiger partial charge is 0.355 e. The van der Waals surface area contributed by atoms with Gasteiger partial charge in [-0.2, -0.15) is 0 Å². The van der Waals surface area contributed by atoms with E-state index in [1.165, 1.54) is 11.1 Å². The quantitative estimate of drug-likeness (QED) is 0.615. The van der Waals surface area contributed by atoms with Crippen LogP contribution in [-0.4, -0.2) is 13.0 Å². The average molecular weight is 283 g/mol. The van der Waals surface area contributed by atoms with Gasteiger partial charge in [0.15, 0.2) is 0 Å². The van der Waals surface area contributed by atoms with Crippen molar-refractivity contribution >= 4 is 5.91 Å². The third-order valence-corrected chi connectivity index (χ3v) is 3.16. The van der Waals surface area contributed by atoms with Crippen LogP contribution in [0.5, 0.6) is 0 Å². The van der Waals surface area contributed by atoms with E-state index in [0.29, 0.717) is 0 Å². The lowest BCUT2D eigenvalue weighted by atomic mass is 10.0. The van der Waals surface area contributed by atoms with Gasteiger partial charge in [0.25, 0.3) is 0 Å². The zero-order valence-corrected chi connectivity index (χ0v) is 13.4. The second-order valence-electron chi connectivity index (χ2n) is 5.14. The zero-order chi connectivity index (χ0) is 15.7. The molecule has 2 heteroatoms.